The van der Waals surface area contributed by atoms with E-state index in [-0.39, 0.29) is 17.0 Å². The highest BCUT2D eigenvalue weighted by Gasteiger charge is 2.27. The van der Waals surface area contributed by atoms with Gasteiger partial charge in [-0.05, 0) is 54.8 Å². The molecule has 32 heavy (non-hydrogen) atoms. The second-order valence-electron chi connectivity index (χ2n) is 7.06. The minimum absolute atomic E-state index is 0.0260. The third kappa shape index (κ3) is 6.00. The van der Waals surface area contributed by atoms with Gasteiger partial charge in [-0.25, -0.2) is 8.42 Å². The molecule has 8 nitrogen and oxygen atoms in total. The molecule has 3 rings (SSSR count). The lowest BCUT2D eigenvalue weighted by Crippen LogP contribution is -2.45. The molecule has 166 valence electrons. The van der Waals surface area contributed by atoms with E-state index in [1.54, 1.807) is 43.3 Å². The number of anilines is 1. The van der Waals surface area contributed by atoms with E-state index in [4.69, 9.17) is 0 Å². The number of sulfonamides is 1. The van der Waals surface area contributed by atoms with Gasteiger partial charge < -0.3 is 5.32 Å². The quantitative estimate of drug-likeness (QED) is 0.343. The van der Waals surface area contributed by atoms with Crippen LogP contribution in [0.25, 0.3) is 0 Å². The normalized spacial score (nSPS) is 12.2. The highest BCUT2D eigenvalue weighted by Crippen LogP contribution is 2.22. The lowest BCUT2D eigenvalue weighted by molar-refractivity contribution is -0.384. The van der Waals surface area contributed by atoms with E-state index in [0.29, 0.717) is 11.3 Å². The van der Waals surface area contributed by atoms with Crippen LogP contribution in [-0.4, -0.2) is 25.3 Å². The van der Waals surface area contributed by atoms with Crippen LogP contribution in [0.4, 0.5) is 11.4 Å². The van der Waals surface area contributed by atoms with Crippen LogP contribution in [0, 0.1) is 17.0 Å². The van der Waals surface area contributed by atoms with Crippen LogP contribution in [-0.2, 0) is 21.2 Å². The number of rotatable bonds is 8. The van der Waals surface area contributed by atoms with E-state index in [1.165, 1.54) is 30.3 Å². The standard InChI is InChI=1S/C22H20BrN3O5S/c1-15-13-18(26(28)29)9-12-20(15)24-22(27)21(14-16-5-3-2-4-6-16)25-32(30,31)19-10-7-17(23)8-11-19/h2-13,21,25H,14H2,1H3,(H,24,27). The Labute approximate surface area is 194 Å². The minimum Gasteiger partial charge on any atom is -0.324 e. The van der Waals surface area contributed by atoms with Crippen LogP contribution in [0.15, 0.2) is 82.2 Å². The molecule has 10 heteroatoms. The monoisotopic (exact) mass is 517 g/mol. The van der Waals surface area contributed by atoms with Crippen molar-refractivity contribution in [3.05, 3.63) is 98.5 Å². The average Bonchev–Trinajstić information content (AvgIpc) is 2.75. The Balaban J connectivity index is 1.87. The number of nitrogens with one attached hydrogen (secondary N) is 2. The zero-order valence-electron chi connectivity index (χ0n) is 17.0. The summed E-state index contributed by atoms with van der Waals surface area (Å²) in [5.41, 5.74) is 1.52. The van der Waals surface area contributed by atoms with Crippen LogP contribution in [0.1, 0.15) is 11.1 Å². The number of benzene rings is 3. The molecule has 0 aromatic heterocycles. The number of carbonyl (C=O) groups is 1. The van der Waals surface area contributed by atoms with E-state index in [0.717, 1.165) is 10.0 Å². The fourth-order valence-corrected chi connectivity index (χ4v) is 4.49. The Morgan fingerprint density at radius 1 is 1.06 bits per heavy atom. The van der Waals surface area contributed by atoms with Crippen molar-refractivity contribution < 1.29 is 18.1 Å². The van der Waals surface area contributed by atoms with Crippen molar-refractivity contribution in [2.75, 3.05) is 5.32 Å². The molecule has 1 atom stereocenters. The van der Waals surface area contributed by atoms with Gasteiger partial charge in [-0.3, -0.25) is 14.9 Å². The molecule has 1 amide bonds. The van der Waals surface area contributed by atoms with Crippen molar-refractivity contribution in [3.8, 4) is 0 Å². The molecular formula is C22H20BrN3O5S. The minimum atomic E-state index is -3.98. The first kappa shape index (κ1) is 23.6. The van der Waals surface area contributed by atoms with Gasteiger partial charge in [0.1, 0.15) is 6.04 Å². The summed E-state index contributed by atoms with van der Waals surface area (Å²) in [4.78, 5) is 23.5. The first-order valence-electron chi connectivity index (χ1n) is 9.53. The molecule has 0 spiro atoms. The predicted octanol–water partition coefficient (Wildman–Crippen LogP) is 4.19. The van der Waals surface area contributed by atoms with E-state index in [1.807, 2.05) is 6.07 Å². The molecule has 0 saturated heterocycles. The summed E-state index contributed by atoms with van der Waals surface area (Å²) in [5.74, 6) is -0.577. The summed E-state index contributed by atoms with van der Waals surface area (Å²) in [6.07, 6.45) is 0.120. The number of hydrogen-bond donors (Lipinski definition) is 2. The van der Waals surface area contributed by atoms with Gasteiger partial charge in [0.15, 0.2) is 0 Å². The zero-order chi connectivity index (χ0) is 23.3. The number of nitro benzene ring substituents is 1. The molecule has 3 aromatic rings. The van der Waals surface area contributed by atoms with Crippen molar-refractivity contribution in [1.82, 2.24) is 4.72 Å². The lowest BCUT2D eigenvalue weighted by atomic mass is 10.1. The van der Waals surface area contributed by atoms with Crippen LogP contribution >= 0.6 is 15.9 Å². The summed E-state index contributed by atoms with van der Waals surface area (Å²) in [6.45, 7) is 1.63. The van der Waals surface area contributed by atoms with Crippen molar-refractivity contribution in [3.63, 3.8) is 0 Å². The summed E-state index contributed by atoms with van der Waals surface area (Å²) < 4.78 is 29.0. The molecular weight excluding hydrogens is 498 g/mol. The number of hydrogen-bond acceptors (Lipinski definition) is 5. The number of nitrogens with zero attached hydrogens (tertiary/aromatic N) is 1. The number of carbonyl (C=O) groups excluding carboxylic acids is 1. The number of aryl methyl sites for hydroxylation is 1. The molecule has 1 unspecified atom stereocenters. The molecule has 0 aliphatic rings. The largest absolute Gasteiger partial charge is 0.324 e. The number of non-ortho nitro benzene ring substituents is 1. The summed E-state index contributed by atoms with van der Waals surface area (Å²) in [7, 11) is -3.98. The third-order valence-electron chi connectivity index (χ3n) is 4.70. The summed E-state index contributed by atoms with van der Waals surface area (Å²) in [6, 6.07) is 18.0. The fraction of sp³-hybridized carbons (Fsp3) is 0.136. The van der Waals surface area contributed by atoms with Crippen molar-refractivity contribution in [2.24, 2.45) is 0 Å². The third-order valence-corrected chi connectivity index (χ3v) is 6.72. The number of halogens is 1. The van der Waals surface area contributed by atoms with Crippen LogP contribution in [0.5, 0.6) is 0 Å². The smallest absolute Gasteiger partial charge is 0.269 e. The maximum absolute atomic E-state index is 13.1. The van der Waals surface area contributed by atoms with E-state index < -0.39 is 26.9 Å². The van der Waals surface area contributed by atoms with E-state index in [2.05, 4.69) is 26.0 Å². The van der Waals surface area contributed by atoms with Gasteiger partial charge in [-0.15, -0.1) is 0 Å². The van der Waals surface area contributed by atoms with Crippen molar-refractivity contribution in [1.29, 1.82) is 0 Å². The zero-order valence-corrected chi connectivity index (χ0v) is 19.4. The SMILES string of the molecule is Cc1cc([N+](=O)[O-])ccc1NC(=O)C(Cc1ccccc1)NS(=O)(=O)c1ccc(Br)cc1. The lowest BCUT2D eigenvalue weighted by Gasteiger charge is -2.19. The molecule has 2 N–H and O–H groups in total. The van der Waals surface area contributed by atoms with Gasteiger partial charge in [0.25, 0.3) is 5.69 Å². The van der Waals surface area contributed by atoms with Crippen molar-refractivity contribution in [2.45, 2.75) is 24.3 Å². The maximum Gasteiger partial charge on any atom is 0.269 e. The second-order valence-corrected chi connectivity index (χ2v) is 9.69. The van der Waals surface area contributed by atoms with Crippen LogP contribution in [0.3, 0.4) is 0 Å². The summed E-state index contributed by atoms with van der Waals surface area (Å²) in [5, 5.41) is 13.6. The van der Waals surface area contributed by atoms with Gasteiger partial charge in [-0.2, -0.15) is 4.72 Å². The highest BCUT2D eigenvalue weighted by atomic mass is 79.9. The van der Waals surface area contributed by atoms with Crippen molar-refractivity contribution >= 4 is 43.2 Å². The van der Waals surface area contributed by atoms with E-state index >= 15 is 0 Å². The Morgan fingerprint density at radius 2 is 1.72 bits per heavy atom. The summed E-state index contributed by atoms with van der Waals surface area (Å²) >= 11 is 3.27. The molecule has 0 bridgehead atoms. The highest BCUT2D eigenvalue weighted by molar-refractivity contribution is 9.10. The van der Waals surface area contributed by atoms with Crippen LogP contribution < -0.4 is 10.0 Å². The van der Waals surface area contributed by atoms with Gasteiger partial charge >= 0.3 is 0 Å². The predicted molar refractivity (Wildman–Crippen MR) is 125 cm³/mol. The molecule has 3 aromatic carbocycles. The fourth-order valence-electron chi connectivity index (χ4n) is 3.03. The van der Waals surface area contributed by atoms with Gasteiger partial charge in [0, 0.05) is 22.3 Å². The molecule has 0 heterocycles. The maximum atomic E-state index is 13.1. The first-order valence-corrected chi connectivity index (χ1v) is 11.8. The topological polar surface area (TPSA) is 118 Å². The first-order chi connectivity index (χ1) is 15.2. The average molecular weight is 518 g/mol. The van der Waals surface area contributed by atoms with Gasteiger partial charge in [0.2, 0.25) is 15.9 Å². The Morgan fingerprint density at radius 3 is 2.31 bits per heavy atom. The second kappa shape index (κ2) is 10.0. The molecule has 0 aliphatic carbocycles. The Kier molecular flexibility index (Phi) is 7.39. The van der Waals surface area contributed by atoms with Gasteiger partial charge in [0.05, 0.1) is 9.82 Å². The number of nitro groups is 1. The number of amides is 1. The molecule has 0 fully saturated rings. The molecule has 0 saturated carbocycles. The van der Waals surface area contributed by atoms with Crippen LogP contribution in [0.2, 0.25) is 0 Å². The Bertz CT molecular complexity index is 1230. The Hall–Kier alpha value is -3.08. The van der Waals surface area contributed by atoms with Gasteiger partial charge in [-0.1, -0.05) is 46.3 Å². The molecule has 0 aliphatic heterocycles. The van der Waals surface area contributed by atoms with E-state index in [9.17, 15) is 23.3 Å². The molecule has 0 radical (unpaired) electrons.